The summed E-state index contributed by atoms with van der Waals surface area (Å²) in [5, 5.41) is 3.36. The first-order valence-electron chi connectivity index (χ1n) is 10.1. The van der Waals surface area contributed by atoms with Crippen molar-refractivity contribution in [1.29, 1.82) is 0 Å². The van der Waals surface area contributed by atoms with Crippen molar-refractivity contribution in [3.8, 4) is 11.5 Å². The highest BCUT2D eigenvalue weighted by molar-refractivity contribution is 5.99. The molecule has 1 atom stereocenters. The van der Waals surface area contributed by atoms with Gasteiger partial charge in [0.25, 0.3) is 5.91 Å². The van der Waals surface area contributed by atoms with E-state index in [0.717, 1.165) is 17.5 Å². The van der Waals surface area contributed by atoms with Crippen molar-refractivity contribution >= 4 is 16.9 Å². The number of rotatable bonds is 6. The van der Waals surface area contributed by atoms with Gasteiger partial charge in [0, 0.05) is 0 Å². The van der Waals surface area contributed by atoms with E-state index in [4.69, 9.17) is 13.9 Å². The Labute approximate surface area is 174 Å². The Morgan fingerprint density at radius 1 is 1.10 bits per heavy atom. The van der Waals surface area contributed by atoms with Crippen molar-refractivity contribution in [2.45, 2.75) is 33.2 Å². The fourth-order valence-corrected chi connectivity index (χ4v) is 3.67. The number of hydrogen-bond donors (Lipinski definition) is 1. The van der Waals surface area contributed by atoms with Gasteiger partial charge in [-0.3, -0.25) is 9.59 Å². The van der Waals surface area contributed by atoms with Gasteiger partial charge in [-0.15, -0.1) is 0 Å². The molecule has 4 rings (SSSR count). The number of ether oxygens (including phenoxy) is 2. The van der Waals surface area contributed by atoms with Gasteiger partial charge in [0.1, 0.15) is 5.58 Å². The van der Waals surface area contributed by atoms with Crippen LogP contribution in [0.3, 0.4) is 0 Å². The third-order valence-electron chi connectivity index (χ3n) is 5.26. The number of nitrogens with one attached hydrogen (secondary N) is 1. The van der Waals surface area contributed by atoms with Crippen LogP contribution in [0.25, 0.3) is 11.0 Å². The molecule has 2 aromatic carbocycles. The van der Waals surface area contributed by atoms with E-state index in [-0.39, 0.29) is 11.2 Å². The topological polar surface area (TPSA) is 77.8 Å². The average Bonchev–Trinajstić information content (AvgIpc) is 3.08. The summed E-state index contributed by atoms with van der Waals surface area (Å²) in [7, 11) is 1.57. The molecule has 0 saturated heterocycles. The number of amides is 1. The standard InChI is InChI=1S/C24H25NO5/c1-5-14-6-8-17-16(10-14)22(26)20-21(25-24(27)23(20)30-17)15-7-9-18(19(11-15)28-4)29-12-13(2)3/h6-11,13,21H,5,12H2,1-4H3,(H,25,27). The molecule has 0 bridgehead atoms. The predicted octanol–water partition coefficient (Wildman–Crippen LogP) is 4.23. The molecule has 30 heavy (non-hydrogen) atoms. The van der Waals surface area contributed by atoms with Crippen LogP contribution < -0.4 is 20.2 Å². The second-order valence-corrected chi connectivity index (χ2v) is 7.88. The lowest BCUT2D eigenvalue weighted by atomic mass is 9.98. The summed E-state index contributed by atoms with van der Waals surface area (Å²) < 4.78 is 17.1. The SMILES string of the molecule is CCc1ccc2oc3c(c(=O)c2c1)C(c1ccc(OCC(C)C)c(OC)c1)NC3=O. The van der Waals surface area contributed by atoms with Crippen LogP contribution in [0.2, 0.25) is 0 Å². The summed E-state index contributed by atoms with van der Waals surface area (Å²) in [5.74, 6) is 1.22. The highest BCUT2D eigenvalue weighted by atomic mass is 16.5. The number of carbonyl (C=O) groups excluding carboxylic acids is 1. The lowest BCUT2D eigenvalue weighted by molar-refractivity contribution is 0.0938. The molecule has 1 aromatic heterocycles. The molecule has 0 spiro atoms. The Bertz CT molecular complexity index is 1180. The molecule has 1 unspecified atom stereocenters. The van der Waals surface area contributed by atoms with E-state index < -0.39 is 11.9 Å². The minimum Gasteiger partial charge on any atom is -0.493 e. The molecular formula is C24H25NO5. The second-order valence-electron chi connectivity index (χ2n) is 7.88. The molecule has 1 aliphatic rings. The maximum Gasteiger partial charge on any atom is 0.288 e. The monoisotopic (exact) mass is 407 g/mol. The van der Waals surface area contributed by atoms with Crippen LogP contribution in [0.15, 0.2) is 45.6 Å². The van der Waals surface area contributed by atoms with E-state index in [2.05, 4.69) is 19.2 Å². The van der Waals surface area contributed by atoms with E-state index in [9.17, 15) is 9.59 Å². The molecule has 0 aliphatic carbocycles. The quantitative estimate of drug-likeness (QED) is 0.662. The number of fused-ring (bicyclic) bond motifs is 2. The summed E-state index contributed by atoms with van der Waals surface area (Å²) in [6.07, 6.45) is 0.808. The molecule has 0 saturated carbocycles. The van der Waals surface area contributed by atoms with Crippen molar-refractivity contribution < 1.29 is 18.7 Å². The molecule has 0 radical (unpaired) electrons. The van der Waals surface area contributed by atoms with Crippen LogP contribution in [0.5, 0.6) is 11.5 Å². The number of aryl methyl sites for hydroxylation is 1. The lowest BCUT2D eigenvalue weighted by Crippen LogP contribution is -2.22. The molecule has 1 amide bonds. The molecule has 1 N–H and O–H groups in total. The van der Waals surface area contributed by atoms with Gasteiger partial charge in [-0.2, -0.15) is 0 Å². The molecule has 156 valence electrons. The Morgan fingerprint density at radius 2 is 1.90 bits per heavy atom. The third-order valence-corrected chi connectivity index (χ3v) is 5.26. The number of hydrogen-bond acceptors (Lipinski definition) is 5. The van der Waals surface area contributed by atoms with E-state index in [1.165, 1.54) is 0 Å². The molecular weight excluding hydrogens is 382 g/mol. The van der Waals surface area contributed by atoms with E-state index in [1.807, 2.05) is 25.1 Å². The number of methoxy groups -OCH3 is 1. The van der Waals surface area contributed by atoms with Crippen molar-refractivity contribution in [2.24, 2.45) is 5.92 Å². The fraction of sp³-hybridized carbons (Fsp3) is 0.333. The molecule has 0 fully saturated rings. The Hall–Kier alpha value is -3.28. The van der Waals surface area contributed by atoms with Gasteiger partial charge >= 0.3 is 0 Å². The molecule has 6 nitrogen and oxygen atoms in total. The van der Waals surface area contributed by atoms with Crippen LogP contribution in [-0.2, 0) is 6.42 Å². The van der Waals surface area contributed by atoms with E-state index in [1.54, 1.807) is 25.3 Å². The Morgan fingerprint density at radius 3 is 2.60 bits per heavy atom. The minimum absolute atomic E-state index is 0.0702. The van der Waals surface area contributed by atoms with Crippen molar-refractivity contribution in [2.75, 3.05) is 13.7 Å². The van der Waals surface area contributed by atoms with Gasteiger partial charge in [-0.05, 0) is 47.7 Å². The van der Waals surface area contributed by atoms with E-state index in [0.29, 0.717) is 40.6 Å². The highest BCUT2D eigenvalue weighted by Gasteiger charge is 2.36. The van der Waals surface area contributed by atoms with Gasteiger partial charge in [0.15, 0.2) is 16.9 Å². The maximum absolute atomic E-state index is 13.3. The Balaban J connectivity index is 1.80. The second kappa shape index (κ2) is 7.86. The largest absolute Gasteiger partial charge is 0.493 e. The van der Waals surface area contributed by atoms with Gasteiger partial charge in [-0.25, -0.2) is 0 Å². The van der Waals surface area contributed by atoms with Crippen LogP contribution >= 0.6 is 0 Å². The third kappa shape index (κ3) is 3.43. The van der Waals surface area contributed by atoms with Gasteiger partial charge in [-0.1, -0.05) is 32.9 Å². The van der Waals surface area contributed by atoms with Crippen molar-refractivity contribution in [1.82, 2.24) is 5.32 Å². The van der Waals surface area contributed by atoms with Crippen LogP contribution in [0, 0.1) is 5.92 Å². The zero-order valence-corrected chi connectivity index (χ0v) is 17.6. The Kier molecular flexibility index (Phi) is 5.24. The van der Waals surface area contributed by atoms with Crippen LogP contribution in [0.4, 0.5) is 0 Å². The number of benzene rings is 2. The van der Waals surface area contributed by atoms with Gasteiger partial charge < -0.3 is 19.2 Å². The average molecular weight is 407 g/mol. The summed E-state index contributed by atoms with van der Waals surface area (Å²) in [4.78, 5) is 25.9. The molecule has 1 aliphatic heterocycles. The van der Waals surface area contributed by atoms with Crippen LogP contribution in [0.1, 0.15) is 54.1 Å². The fourth-order valence-electron chi connectivity index (χ4n) is 3.67. The summed E-state index contributed by atoms with van der Waals surface area (Å²) in [6, 6.07) is 10.3. The summed E-state index contributed by atoms with van der Waals surface area (Å²) >= 11 is 0. The van der Waals surface area contributed by atoms with Gasteiger partial charge in [0.2, 0.25) is 5.76 Å². The predicted molar refractivity (Wildman–Crippen MR) is 114 cm³/mol. The minimum atomic E-state index is -0.605. The molecule has 2 heterocycles. The van der Waals surface area contributed by atoms with Crippen LogP contribution in [-0.4, -0.2) is 19.6 Å². The first kappa shape index (κ1) is 20.0. The summed E-state index contributed by atoms with van der Waals surface area (Å²) in [5.41, 5.74) is 2.33. The molecule has 3 aromatic rings. The van der Waals surface area contributed by atoms with Gasteiger partial charge in [0.05, 0.1) is 30.7 Å². The highest BCUT2D eigenvalue weighted by Crippen LogP contribution is 2.36. The van der Waals surface area contributed by atoms with E-state index >= 15 is 0 Å². The summed E-state index contributed by atoms with van der Waals surface area (Å²) in [6.45, 7) is 6.73. The maximum atomic E-state index is 13.3. The normalized spacial score (nSPS) is 15.4. The smallest absolute Gasteiger partial charge is 0.288 e. The zero-order chi connectivity index (χ0) is 21.4. The number of carbonyl (C=O) groups is 1. The molecule has 6 heteroatoms. The zero-order valence-electron chi connectivity index (χ0n) is 17.6. The lowest BCUT2D eigenvalue weighted by Gasteiger charge is -2.16. The first-order valence-corrected chi connectivity index (χ1v) is 10.1. The van der Waals surface area contributed by atoms with Crippen molar-refractivity contribution in [3.05, 3.63) is 69.1 Å². The first-order chi connectivity index (χ1) is 14.4. The van der Waals surface area contributed by atoms with Crippen molar-refractivity contribution in [3.63, 3.8) is 0 Å².